The minimum Gasteiger partial charge on any atom is -0.508 e. The van der Waals surface area contributed by atoms with E-state index in [1.807, 2.05) is 0 Å². The number of aromatic hydroxyl groups is 2. The van der Waals surface area contributed by atoms with Crippen molar-refractivity contribution in [3.8, 4) is 11.5 Å². The highest BCUT2D eigenvalue weighted by atomic mass is 16.5. The van der Waals surface area contributed by atoms with Gasteiger partial charge in [-0.25, -0.2) is 9.59 Å². The number of cyclic esters (lactones) is 1. The Bertz CT molecular complexity index is 2690. The van der Waals surface area contributed by atoms with Crippen LogP contribution < -0.4 is 31.9 Å². The number of esters is 2. The van der Waals surface area contributed by atoms with Crippen LogP contribution in [-0.2, 0) is 76.7 Å². The Morgan fingerprint density at radius 3 is 1.94 bits per heavy atom. The number of phenols is 2. The van der Waals surface area contributed by atoms with Crippen LogP contribution in [0.5, 0.6) is 11.5 Å². The van der Waals surface area contributed by atoms with Crippen LogP contribution in [-0.4, -0.2) is 159 Å². The van der Waals surface area contributed by atoms with E-state index in [1.54, 1.807) is 77.1 Å². The molecule has 2 aliphatic rings. The fourth-order valence-electron chi connectivity index (χ4n) is 9.70. The Kier molecular flexibility index (Phi) is 23.6. The van der Waals surface area contributed by atoms with Gasteiger partial charge in [-0.2, -0.15) is 0 Å². The summed E-state index contributed by atoms with van der Waals surface area (Å²) in [5.74, 6) is -9.81. The Morgan fingerprint density at radius 1 is 0.728 bits per heavy atom. The Morgan fingerprint density at radius 2 is 1.35 bits per heavy atom. The maximum absolute atomic E-state index is 14.9. The molecule has 0 spiro atoms. The lowest BCUT2D eigenvalue weighted by Gasteiger charge is -2.44. The Hall–Kier alpha value is -8.08. The van der Waals surface area contributed by atoms with Gasteiger partial charge in [0.2, 0.25) is 47.3 Å². The van der Waals surface area contributed by atoms with E-state index in [2.05, 4.69) is 31.9 Å². The first-order valence-corrected chi connectivity index (χ1v) is 27.4. The molecule has 440 valence electrons. The van der Waals surface area contributed by atoms with Crippen LogP contribution >= 0.6 is 0 Å². The molecule has 3 aromatic rings. The number of aliphatic hydroxyl groups is 1. The molecule has 2 bridgehead atoms. The van der Waals surface area contributed by atoms with Crippen molar-refractivity contribution in [1.82, 2.24) is 41.7 Å². The number of piperidine rings is 1. The van der Waals surface area contributed by atoms with Crippen LogP contribution in [0.15, 0.2) is 78.9 Å². The topological polar surface area (TPSA) is 329 Å². The van der Waals surface area contributed by atoms with Crippen LogP contribution in [0.4, 0.5) is 0 Å². The van der Waals surface area contributed by atoms with E-state index in [0.717, 1.165) is 12.0 Å². The Balaban J connectivity index is 1.54. The van der Waals surface area contributed by atoms with Crippen molar-refractivity contribution in [2.45, 2.75) is 166 Å². The molecule has 11 atom stereocenters. The van der Waals surface area contributed by atoms with Crippen LogP contribution in [0.3, 0.4) is 0 Å². The molecule has 0 aliphatic carbocycles. The quantitative estimate of drug-likeness (QED) is 0.0770. The lowest BCUT2D eigenvalue weighted by Crippen LogP contribution is -2.66. The predicted molar refractivity (Wildman–Crippen MR) is 294 cm³/mol. The second-order valence-corrected chi connectivity index (χ2v) is 21.1. The van der Waals surface area contributed by atoms with E-state index in [0.29, 0.717) is 29.5 Å². The van der Waals surface area contributed by atoms with E-state index in [1.165, 1.54) is 55.3 Å². The lowest BCUT2D eigenvalue weighted by molar-refractivity contribution is -0.167. The van der Waals surface area contributed by atoms with Crippen molar-refractivity contribution < 1.29 is 72.7 Å². The zero-order chi connectivity index (χ0) is 59.7. The molecule has 0 saturated carbocycles. The van der Waals surface area contributed by atoms with Crippen molar-refractivity contribution in [3.63, 3.8) is 0 Å². The fraction of sp³-hybridized carbons (Fsp3) is 0.517. The number of nitrogens with zero attached hydrogens (tertiary/aromatic N) is 2. The Labute approximate surface area is 471 Å². The summed E-state index contributed by atoms with van der Waals surface area (Å²) in [6, 6.07) is 8.92. The summed E-state index contributed by atoms with van der Waals surface area (Å²) in [7, 11) is 2.45. The number of rotatable bonds is 19. The first kappa shape index (κ1) is 63.7. The van der Waals surface area contributed by atoms with Gasteiger partial charge in [-0.05, 0) is 85.4 Å². The van der Waals surface area contributed by atoms with Gasteiger partial charge in [0, 0.05) is 39.2 Å². The summed E-state index contributed by atoms with van der Waals surface area (Å²) < 4.78 is 10.9. The fourth-order valence-corrected chi connectivity index (χ4v) is 9.70. The molecule has 0 aromatic heterocycles. The van der Waals surface area contributed by atoms with Gasteiger partial charge in [0.25, 0.3) is 0 Å². The van der Waals surface area contributed by atoms with Crippen LogP contribution in [0.2, 0.25) is 0 Å². The summed E-state index contributed by atoms with van der Waals surface area (Å²) in [6.45, 7) is 9.84. The smallest absolute Gasteiger partial charge is 0.329 e. The minimum atomic E-state index is -1.81. The van der Waals surface area contributed by atoms with Crippen molar-refractivity contribution in [3.05, 3.63) is 95.6 Å². The maximum atomic E-state index is 14.9. The third-order valence-electron chi connectivity index (χ3n) is 14.6. The van der Waals surface area contributed by atoms with Crippen molar-refractivity contribution in [1.29, 1.82) is 0 Å². The van der Waals surface area contributed by atoms with Gasteiger partial charge in [-0.1, -0.05) is 95.6 Å². The van der Waals surface area contributed by atoms with Crippen molar-refractivity contribution in [2.75, 3.05) is 14.2 Å². The third-order valence-corrected chi connectivity index (χ3v) is 14.6. The number of amides is 8. The SMILES string of the molecule is CCCC(=O)N[C@@H](Cc1ccc(O)cc1)C(=O)N[C@@H](CCC(=O)N[C@@H]1C(=O)N[C@@H](Cc2ccc(O)cc2)C(=O)N[C@H]2CC[C@@H](O)N(C2=O)[C@@H](C(C)C)C(=O)N(C)[C@@H](Cc2ccccc2)C(=O)N[C@@H]([C@@H](C)CC)C(=O)O[C@@H]1C)C(=O)OC. The summed E-state index contributed by atoms with van der Waals surface area (Å²) in [4.78, 5) is 144. The highest BCUT2D eigenvalue weighted by Crippen LogP contribution is 2.27. The molecule has 9 N–H and O–H groups in total. The normalized spacial score (nSPS) is 23.4. The number of ether oxygens (including phenoxy) is 2. The summed E-state index contributed by atoms with van der Waals surface area (Å²) >= 11 is 0. The molecular formula is C58H78N8O15. The van der Waals surface area contributed by atoms with Gasteiger partial charge in [0.15, 0.2) is 0 Å². The number of hydrogen-bond acceptors (Lipinski definition) is 15. The second kappa shape index (κ2) is 29.9. The number of likely N-dealkylation sites (N-methyl/N-ethyl adjacent to an activating group) is 1. The number of phenolic OH excluding ortho intramolecular Hbond substituents is 2. The van der Waals surface area contributed by atoms with E-state index < -0.39 is 145 Å². The molecule has 81 heavy (non-hydrogen) atoms. The molecule has 2 heterocycles. The number of benzene rings is 3. The number of carbonyl (C=O) groups is 10. The van der Waals surface area contributed by atoms with Gasteiger partial charge < -0.3 is 66.5 Å². The summed E-state index contributed by atoms with van der Waals surface area (Å²) in [5, 5.41) is 47.3. The second-order valence-electron chi connectivity index (χ2n) is 21.1. The van der Waals surface area contributed by atoms with E-state index >= 15 is 0 Å². The van der Waals surface area contributed by atoms with Gasteiger partial charge in [-0.3, -0.25) is 38.4 Å². The highest BCUT2D eigenvalue weighted by molar-refractivity contribution is 5.98. The van der Waals surface area contributed by atoms with Gasteiger partial charge >= 0.3 is 11.9 Å². The molecule has 2 aliphatic heterocycles. The molecule has 0 radical (unpaired) electrons. The van der Waals surface area contributed by atoms with Gasteiger partial charge in [0.05, 0.1) is 7.11 Å². The number of carbonyl (C=O) groups excluding carboxylic acids is 10. The maximum Gasteiger partial charge on any atom is 0.329 e. The van der Waals surface area contributed by atoms with Crippen molar-refractivity contribution in [2.24, 2.45) is 11.8 Å². The van der Waals surface area contributed by atoms with Crippen LogP contribution in [0.25, 0.3) is 0 Å². The number of methoxy groups -OCH3 is 1. The molecule has 2 fully saturated rings. The van der Waals surface area contributed by atoms with Crippen LogP contribution in [0, 0.1) is 11.8 Å². The molecule has 2 saturated heterocycles. The standard InChI is InChI=1S/C58H78N8O15/c1-9-14-45(69)59-42(29-36-17-21-38(67)22-18-36)51(72)61-41(57(78)80-8)25-27-46(70)63-49-34(6)81-58(79)48(33(5)10-2)64-53(74)44(31-35-15-12-11-13-16-35)65(7)56(77)50(32(3)4)66-47(71)28-26-40(55(66)76)60-52(73)43(62-54(49)75)30-37-19-23-39(68)24-20-37/h11-13,15-24,32-34,40-44,47-50,67-68,71H,9-10,14,25-31H2,1-8H3,(H,59,69)(H,60,73)(H,61,72)(H,62,75)(H,63,70)(H,64,74)/t33-,34+,40-,41-,42-,43-,44-,47+,48-,49-,50-/m0/s1. The molecule has 3 aromatic carbocycles. The molecular weight excluding hydrogens is 1050 g/mol. The number of hydrogen-bond donors (Lipinski definition) is 9. The van der Waals surface area contributed by atoms with E-state index in [9.17, 15) is 63.3 Å². The average molecular weight is 1130 g/mol. The molecule has 0 unspecified atom stereocenters. The first-order valence-electron chi connectivity index (χ1n) is 27.4. The van der Waals surface area contributed by atoms with Gasteiger partial charge in [0.1, 0.15) is 72.2 Å². The highest BCUT2D eigenvalue weighted by Gasteiger charge is 2.47. The summed E-state index contributed by atoms with van der Waals surface area (Å²) in [6.07, 6.45) is -3.70. The monoisotopic (exact) mass is 1130 g/mol. The van der Waals surface area contributed by atoms with Crippen molar-refractivity contribution >= 4 is 59.2 Å². The zero-order valence-corrected chi connectivity index (χ0v) is 47.1. The molecule has 5 rings (SSSR count). The van der Waals surface area contributed by atoms with Gasteiger partial charge in [-0.15, -0.1) is 0 Å². The largest absolute Gasteiger partial charge is 0.508 e. The van der Waals surface area contributed by atoms with Crippen LogP contribution in [0.1, 0.15) is 103 Å². The predicted octanol–water partition coefficient (Wildman–Crippen LogP) is 1.57. The number of aliphatic hydroxyl groups excluding tert-OH is 1. The first-order chi connectivity index (χ1) is 38.5. The van der Waals surface area contributed by atoms with E-state index in [4.69, 9.17) is 9.47 Å². The number of nitrogens with one attached hydrogen (secondary N) is 6. The molecule has 23 heteroatoms. The zero-order valence-electron chi connectivity index (χ0n) is 47.1. The summed E-state index contributed by atoms with van der Waals surface area (Å²) in [5.41, 5.74) is 1.63. The third kappa shape index (κ3) is 17.7. The number of fused-ring (bicyclic) bond motifs is 2. The average Bonchev–Trinajstić information content (AvgIpc) is 3.60. The molecule has 23 nitrogen and oxygen atoms in total. The molecule has 8 amide bonds. The lowest BCUT2D eigenvalue weighted by atomic mass is 9.93. The minimum absolute atomic E-state index is 0.0259. The van der Waals surface area contributed by atoms with E-state index in [-0.39, 0.29) is 50.0 Å².